The van der Waals surface area contributed by atoms with Crippen LogP contribution in [0.25, 0.3) is 0 Å². The van der Waals surface area contributed by atoms with Gasteiger partial charge in [-0.2, -0.15) is 0 Å². The molecule has 0 rings (SSSR count). The van der Waals surface area contributed by atoms with E-state index in [0.29, 0.717) is 0 Å². The van der Waals surface area contributed by atoms with Crippen LogP contribution in [0.5, 0.6) is 0 Å². The fraction of sp³-hybridized carbons (Fsp3) is 0.800. The van der Waals surface area contributed by atoms with Crippen molar-refractivity contribution >= 4 is 14.2 Å². The highest BCUT2D eigenvalue weighted by Crippen LogP contribution is 2.00. The number of hydrazine groups is 1. The molecule has 6 nitrogen and oxygen atoms in total. The fourth-order valence-corrected chi connectivity index (χ4v) is 0.953. The largest absolute Gasteiger partial charge is 0.465 e. The zero-order valence-corrected chi connectivity index (χ0v) is 8.29. The number of carbonyl (C=O) groups is 1. The van der Waals surface area contributed by atoms with Crippen molar-refractivity contribution in [3.63, 3.8) is 0 Å². The van der Waals surface area contributed by atoms with Gasteiger partial charge in [-0.3, -0.25) is 0 Å². The van der Waals surface area contributed by atoms with Crippen LogP contribution in [-0.4, -0.2) is 25.4 Å². The Bertz CT molecular complexity index is 188. The smallest absolute Gasteiger partial charge is 0.450 e. The Morgan fingerprint density at radius 2 is 2.08 bits per heavy atom. The molecule has 0 atom stereocenters. The second-order valence-electron chi connectivity index (χ2n) is 3.51. The first-order chi connectivity index (χ1) is 5.31. The summed E-state index contributed by atoms with van der Waals surface area (Å²) in [6.07, 6.45) is -0.713. The molecule has 0 saturated carbocycles. The molecule has 0 saturated heterocycles. The summed E-state index contributed by atoms with van der Waals surface area (Å²) in [6.45, 7) is 5.98. The number of nitrogens with one attached hydrogen (secondary N) is 1. The van der Waals surface area contributed by atoms with Gasteiger partial charge in [0.05, 0.1) is 14.3 Å². The Morgan fingerprint density at radius 3 is 2.42 bits per heavy atom. The van der Waals surface area contributed by atoms with E-state index in [1.54, 1.807) is 0 Å². The molecule has 0 aliphatic carbocycles. The van der Waals surface area contributed by atoms with E-state index in [9.17, 15) is 14.9 Å². The number of carbonyl (C=O) groups excluding carboxylic acids is 1. The molecule has 0 aromatic carbocycles. The third-order valence-electron chi connectivity index (χ3n) is 0.819. The third kappa shape index (κ3) is 7.00. The molecular formula is C5H12N2O4Si. The van der Waals surface area contributed by atoms with Crippen LogP contribution in [0.4, 0.5) is 4.79 Å². The van der Waals surface area contributed by atoms with E-state index in [-0.39, 0.29) is 6.23 Å². The number of ether oxygens (including phenoxy) is 1. The van der Waals surface area contributed by atoms with Crippen LogP contribution in [0.3, 0.4) is 0 Å². The molecule has 0 unspecified atom stereocenters. The summed E-state index contributed by atoms with van der Waals surface area (Å²) in [5.74, 6) is 0. The van der Waals surface area contributed by atoms with Gasteiger partial charge >= 0.3 is 6.09 Å². The maximum absolute atomic E-state index is 10.5. The monoisotopic (exact) mass is 192 g/mol. The van der Waals surface area contributed by atoms with Crippen LogP contribution < -0.4 is 5.43 Å². The summed E-state index contributed by atoms with van der Waals surface area (Å²) in [5.41, 5.74) is 1.40. The van der Waals surface area contributed by atoms with Crippen molar-refractivity contribution in [1.29, 1.82) is 0 Å². The van der Waals surface area contributed by atoms with Gasteiger partial charge in [-0.1, -0.05) is 19.6 Å². The summed E-state index contributed by atoms with van der Waals surface area (Å²) in [4.78, 5) is 20.3. The first-order valence-electron chi connectivity index (χ1n) is 3.39. The minimum Gasteiger partial charge on any atom is -0.450 e. The van der Waals surface area contributed by atoms with Crippen molar-refractivity contribution in [2.75, 3.05) is 6.23 Å². The average molecular weight is 192 g/mol. The van der Waals surface area contributed by atoms with E-state index in [1.807, 2.05) is 19.6 Å². The highest BCUT2D eigenvalue weighted by Gasteiger charge is 2.17. The van der Waals surface area contributed by atoms with Crippen molar-refractivity contribution in [3.8, 4) is 0 Å². The Morgan fingerprint density at radius 1 is 1.58 bits per heavy atom. The van der Waals surface area contributed by atoms with E-state index in [0.717, 1.165) is 0 Å². The first-order valence-corrected chi connectivity index (χ1v) is 7.10. The molecule has 7 heteroatoms. The summed E-state index contributed by atoms with van der Waals surface area (Å²) in [5, 5.41) is 8.80. The van der Waals surface area contributed by atoms with E-state index in [2.05, 4.69) is 4.74 Å². The maximum atomic E-state index is 10.5. The van der Waals surface area contributed by atoms with Crippen molar-refractivity contribution in [1.82, 2.24) is 5.43 Å². The predicted octanol–water partition coefficient (Wildman–Crippen LogP) is 0.782. The van der Waals surface area contributed by atoms with E-state index < -0.39 is 19.2 Å². The van der Waals surface area contributed by atoms with Gasteiger partial charge in [0.2, 0.25) is 0 Å². The second-order valence-corrected chi connectivity index (χ2v) is 8.92. The number of hydrogen-bond donors (Lipinski definition) is 1. The molecule has 0 aromatic rings. The molecule has 0 radical (unpaired) electrons. The summed E-state index contributed by atoms with van der Waals surface area (Å²) >= 11 is 0. The number of nitro groups is 1. The van der Waals surface area contributed by atoms with E-state index in [1.165, 1.54) is 5.43 Å². The number of rotatable bonds is 3. The van der Waals surface area contributed by atoms with Crippen LogP contribution in [0.1, 0.15) is 0 Å². The molecule has 1 N–H and O–H groups in total. The van der Waals surface area contributed by atoms with Gasteiger partial charge in [-0.25, -0.2) is 14.9 Å². The zero-order chi connectivity index (χ0) is 9.78. The predicted molar refractivity (Wildman–Crippen MR) is 44.8 cm³/mol. The van der Waals surface area contributed by atoms with Gasteiger partial charge < -0.3 is 4.74 Å². The van der Waals surface area contributed by atoms with Gasteiger partial charge in [0.15, 0.2) is 5.03 Å². The topological polar surface area (TPSA) is 81.5 Å². The SMILES string of the molecule is C[Si](C)(C)COC(=O)N[N+](=O)[O-]. The van der Waals surface area contributed by atoms with Crippen molar-refractivity contribution in [3.05, 3.63) is 10.1 Å². The van der Waals surface area contributed by atoms with Gasteiger partial charge in [0.1, 0.15) is 0 Å². The van der Waals surface area contributed by atoms with Crippen LogP contribution in [0.2, 0.25) is 19.6 Å². The molecule has 0 aliphatic heterocycles. The number of amides is 1. The third-order valence-corrected chi connectivity index (χ3v) is 1.83. The second kappa shape index (κ2) is 4.05. The summed E-state index contributed by atoms with van der Waals surface area (Å²) in [7, 11) is -1.48. The average Bonchev–Trinajstić information content (AvgIpc) is 1.80. The molecule has 0 fully saturated rings. The zero-order valence-electron chi connectivity index (χ0n) is 7.29. The van der Waals surface area contributed by atoms with Crippen LogP contribution >= 0.6 is 0 Å². The molecular weight excluding hydrogens is 180 g/mol. The quantitative estimate of drug-likeness (QED) is 0.407. The highest BCUT2D eigenvalue weighted by molar-refractivity contribution is 6.76. The van der Waals surface area contributed by atoms with Crippen LogP contribution in [0.15, 0.2) is 0 Å². The van der Waals surface area contributed by atoms with Crippen molar-refractivity contribution in [2.45, 2.75) is 19.6 Å². The number of hydrogen-bond acceptors (Lipinski definition) is 4. The summed E-state index contributed by atoms with van der Waals surface area (Å²) in [6, 6.07) is 0. The minimum absolute atomic E-state index is 0.284. The molecule has 12 heavy (non-hydrogen) atoms. The van der Waals surface area contributed by atoms with Gasteiger partial charge in [-0.15, -0.1) is 0 Å². The molecule has 0 heterocycles. The van der Waals surface area contributed by atoms with Crippen LogP contribution in [-0.2, 0) is 4.74 Å². The Labute approximate surface area is 71.0 Å². The molecule has 0 spiro atoms. The molecule has 0 aliphatic rings. The molecule has 70 valence electrons. The summed E-state index contributed by atoms with van der Waals surface area (Å²) < 4.78 is 4.59. The number of nitrogens with zero attached hydrogens (tertiary/aromatic N) is 1. The lowest BCUT2D eigenvalue weighted by molar-refractivity contribution is -0.530. The van der Waals surface area contributed by atoms with E-state index in [4.69, 9.17) is 0 Å². The molecule has 1 amide bonds. The van der Waals surface area contributed by atoms with Crippen LogP contribution in [0, 0.1) is 10.1 Å². The van der Waals surface area contributed by atoms with Gasteiger partial charge in [-0.05, 0) is 5.43 Å². The standard InChI is InChI=1S/C5H12N2O4Si/c1-12(2,3)4-11-5(8)6-7(9)10/h4H2,1-3H3,(H,6,8). The molecule has 0 bridgehead atoms. The first kappa shape index (κ1) is 10.9. The minimum atomic E-state index is -1.48. The van der Waals surface area contributed by atoms with E-state index >= 15 is 0 Å². The Hall–Kier alpha value is -1.11. The lowest BCUT2D eigenvalue weighted by Crippen LogP contribution is -2.36. The van der Waals surface area contributed by atoms with Crippen molar-refractivity contribution in [2.24, 2.45) is 0 Å². The van der Waals surface area contributed by atoms with Crippen molar-refractivity contribution < 1.29 is 14.6 Å². The Balaban J connectivity index is 3.65. The fourth-order valence-electron chi connectivity index (χ4n) is 0.389. The highest BCUT2D eigenvalue weighted by atomic mass is 28.3. The van der Waals surface area contributed by atoms with Gasteiger partial charge in [0, 0.05) is 0 Å². The lowest BCUT2D eigenvalue weighted by atomic mass is 11.2. The Kier molecular flexibility index (Phi) is 3.67. The normalized spacial score (nSPS) is 10.6. The molecule has 0 aromatic heterocycles. The van der Waals surface area contributed by atoms with Gasteiger partial charge in [0.25, 0.3) is 0 Å². The maximum Gasteiger partial charge on any atom is 0.465 e. The lowest BCUT2D eigenvalue weighted by Gasteiger charge is -2.13.